The van der Waals surface area contributed by atoms with E-state index in [1.54, 1.807) is 0 Å². The van der Waals surface area contributed by atoms with E-state index < -0.39 is 0 Å². The average Bonchev–Trinajstić information content (AvgIpc) is 2.66. The molecular formula is C12H21N3O3S. The van der Waals surface area contributed by atoms with Crippen LogP contribution in [0, 0.1) is 6.92 Å². The minimum atomic E-state index is -0.349. The van der Waals surface area contributed by atoms with Gasteiger partial charge in [-0.2, -0.15) is 4.37 Å². The van der Waals surface area contributed by atoms with Crippen LogP contribution in [0.15, 0.2) is 0 Å². The molecule has 0 saturated heterocycles. The van der Waals surface area contributed by atoms with E-state index in [0.29, 0.717) is 12.4 Å². The number of rotatable bonds is 6. The van der Waals surface area contributed by atoms with E-state index in [4.69, 9.17) is 9.47 Å². The highest BCUT2D eigenvalue weighted by molar-refractivity contribution is 6.99. The number of carbonyl (C=O) groups is 1. The summed E-state index contributed by atoms with van der Waals surface area (Å²) in [6, 6.07) is 0. The highest BCUT2D eigenvalue weighted by Gasteiger charge is 2.18. The Morgan fingerprint density at radius 3 is 2.58 bits per heavy atom. The van der Waals surface area contributed by atoms with Crippen molar-refractivity contribution in [1.82, 2.24) is 14.1 Å². The van der Waals surface area contributed by atoms with Gasteiger partial charge in [0.1, 0.15) is 18.4 Å². The van der Waals surface area contributed by atoms with E-state index in [1.807, 2.05) is 27.7 Å². The molecule has 19 heavy (non-hydrogen) atoms. The Hall–Kier alpha value is -1.21. The zero-order valence-corrected chi connectivity index (χ0v) is 12.8. The van der Waals surface area contributed by atoms with Gasteiger partial charge in [0.25, 0.3) is 0 Å². The van der Waals surface area contributed by atoms with Crippen molar-refractivity contribution in [2.24, 2.45) is 0 Å². The maximum Gasteiger partial charge on any atom is 0.303 e. The van der Waals surface area contributed by atoms with Crippen LogP contribution < -0.4 is 10.1 Å². The standard InChI is InChI=1S/C12H21N3O3S/c1-8-11(15-19-14-8)17-7-10(18-9(2)16)6-13-12(3,4)5/h10,13H,6-7H2,1-5H3. The summed E-state index contributed by atoms with van der Waals surface area (Å²) in [5.41, 5.74) is 0.701. The van der Waals surface area contributed by atoms with Crippen LogP contribution in [0.4, 0.5) is 0 Å². The summed E-state index contributed by atoms with van der Waals surface area (Å²) in [4.78, 5) is 11.1. The van der Waals surface area contributed by atoms with Gasteiger partial charge in [0.2, 0.25) is 5.88 Å². The molecule has 0 aliphatic rings. The van der Waals surface area contributed by atoms with Gasteiger partial charge in [-0.15, -0.1) is 4.37 Å². The fourth-order valence-electron chi connectivity index (χ4n) is 1.32. The van der Waals surface area contributed by atoms with E-state index >= 15 is 0 Å². The molecule has 0 bridgehead atoms. The molecule has 1 unspecified atom stereocenters. The molecule has 0 aliphatic carbocycles. The maximum absolute atomic E-state index is 11.1. The molecule has 0 spiro atoms. The van der Waals surface area contributed by atoms with E-state index in [-0.39, 0.29) is 24.2 Å². The first kappa shape index (κ1) is 15.8. The van der Waals surface area contributed by atoms with Crippen molar-refractivity contribution in [2.75, 3.05) is 13.2 Å². The molecule has 1 atom stereocenters. The summed E-state index contributed by atoms with van der Waals surface area (Å²) >= 11 is 1.10. The molecule has 0 fully saturated rings. The number of hydrogen-bond acceptors (Lipinski definition) is 7. The molecule has 0 saturated carbocycles. The Morgan fingerprint density at radius 1 is 1.42 bits per heavy atom. The first-order valence-corrected chi connectivity index (χ1v) is 6.85. The van der Waals surface area contributed by atoms with Crippen molar-refractivity contribution in [1.29, 1.82) is 0 Å². The lowest BCUT2D eigenvalue weighted by Gasteiger charge is -2.24. The molecule has 7 heteroatoms. The highest BCUT2D eigenvalue weighted by atomic mass is 32.1. The van der Waals surface area contributed by atoms with Gasteiger partial charge in [0.05, 0.1) is 11.7 Å². The third-order valence-corrected chi connectivity index (χ3v) is 2.81. The van der Waals surface area contributed by atoms with Gasteiger partial charge in [-0.05, 0) is 27.7 Å². The lowest BCUT2D eigenvalue weighted by atomic mass is 10.1. The fourth-order valence-corrected chi connectivity index (χ4v) is 1.82. The Morgan fingerprint density at radius 2 is 2.11 bits per heavy atom. The molecule has 0 aliphatic heterocycles. The fraction of sp³-hybridized carbons (Fsp3) is 0.750. The number of aryl methyl sites for hydroxylation is 1. The number of hydrogen-bond donors (Lipinski definition) is 1. The van der Waals surface area contributed by atoms with Crippen molar-refractivity contribution in [3.63, 3.8) is 0 Å². The summed E-state index contributed by atoms with van der Waals surface area (Å²) in [5.74, 6) is 0.176. The van der Waals surface area contributed by atoms with Crippen LogP contribution in [0.5, 0.6) is 5.88 Å². The number of ether oxygens (including phenoxy) is 2. The largest absolute Gasteiger partial charge is 0.472 e. The molecule has 1 heterocycles. The summed E-state index contributed by atoms with van der Waals surface area (Å²) in [6.45, 7) is 10.1. The predicted molar refractivity (Wildman–Crippen MR) is 73.5 cm³/mol. The number of nitrogens with one attached hydrogen (secondary N) is 1. The average molecular weight is 287 g/mol. The molecule has 6 nitrogen and oxygen atoms in total. The third kappa shape index (κ3) is 6.49. The van der Waals surface area contributed by atoms with E-state index in [1.165, 1.54) is 6.92 Å². The summed E-state index contributed by atoms with van der Waals surface area (Å²) < 4.78 is 18.8. The van der Waals surface area contributed by atoms with Gasteiger partial charge in [0, 0.05) is 19.0 Å². The molecule has 1 aromatic rings. The summed E-state index contributed by atoms with van der Waals surface area (Å²) in [5, 5.41) is 3.28. The van der Waals surface area contributed by atoms with Gasteiger partial charge < -0.3 is 14.8 Å². The lowest BCUT2D eigenvalue weighted by molar-refractivity contribution is -0.147. The first-order valence-electron chi connectivity index (χ1n) is 6.12. The number of carbonyl (C=O) groups excluding carboxylic acids is 1. The topological polar surface area (TPSA) is 73.3 Å². The van der Waals surface area contributed by atoms with Gasteiger partial charge in [0.15, 0.2) is 0 Å². The number of nitrogens with zero attached hydrogens (tertiary/aromatic N) is 2. The van der Waals surface area contributed by atoms with Gasteiger partial charge in [-0.3, -0.25) is 4.79 Å². The minimum absolute atomic E-state index is 0.0451. The molecule has 1 rings (SSSR count). The maximum atomic E-state index is 11.1. The zero-order chi connectivity index (χ0) is 14.5. The van der Waals surface area contributed by atoms with Crippen LogP contribution in [-0.4, -0.2) is 39.5 Å². The van der Waals surface area contributed by atoms with Gasteiger partial charge in [-0.25, -0.2) is 0 Å². The van der Waals surface area contributed by atoms with Crippen molar-refractivity contribution in [3.8, 4) is 5.88 Å². The van der Waals surface area contributed by atoms with Crippen LogP contribution in [-0.2, 0) is 9.53 Å². The van der Waals surface area contributed by atoms with Crippen molar-refractivity contribution >= 4 is 17.7 Å². The van der Waals surface area contributed by atoms with Crippen molar-refractivity contribution in [2.45, 2.75) is 46.3 Å². The molecule has 0 amide bonds. The van der Waals surface area contributed by atoms with E-state index in [2.05, 4.69) is 14.1 Å². The number of esters is 1. The van der Waals surface area contributed by atoms with E-state index in [0.717, 1.165) is 17.4 Å². The normalized spacial score (nSPS) is 13.1. The van der Waals surface area contributed by atoms with Crippen LogP contribution in [0.1, 0.15) is 33.4 Å². The second-order valence-corrected chi connectivity index (χ2v) is 5.86. The van der Waals surface area contributed by atoms with Gasteiger partial charge >= 0.3 is 5.97 Å². The molecular weight excluding hydrogens is 266 g/mol. The smallest absolute Gasteiger partial charge is 0.303 e. The molecule has 0 aromatic carbocycles. The molecule has 0 radical (unpaired) electrons. The number of aromatic nitrogens is 2. The van der Waals surface area contributed by atoms with Crippen LogP contribution in [0.2, 0.25) is 0 Å². The minimum Gasteiger partial charge on any atom is -0.472 e. The highest BCUT2D eigenvalue weighted by Crippen LogP contribution is 2.14. The van der Waals surface area contributed by atoms with Crippen molar-refractivity contribution < 1.29 is 14.3 Å². The Kier molecular flexibility index (Phi) is 5.68. The zero-order valence-electron chi connectivity index (χ0n) is 12.0. The molecule has 1 aromatic heterocycles. The molecule has 108 valence electrons. The van der Waals surface area contributed by atoms with Crippen molar-refractivity contribution in [3.05, 3.63) is 5.69 Å². The quantitative estimate of drug-likeness (QED) is 0.800. The van der Waals surface area contributed by atoms with Crippen LogP contribution in [0.3, 0.4) is 0 Å². The second kappa shape index (κ2) is 6.81. The summed E-state index contributed by atoms with van der Waals surface area (Å²) in [6.07, 6.45) is -0.349. The Balaban J connectivity index is 2.49. The Labute approximate surface area is 117 Å². The third-order valence-electron chi connectivity index (χ3n) is 2.21. The lowest BCUT2D eigenvalue weighted by Crippen LogP contribution is -2.44. The van der Waals surface area contributed by atoms with Crippen LogP contribution >= 0.6 is 11.7 Å². The Bertz CT molecular complexity index is 415. The first-order chi connectivity index (χ1) is 8.78. The second-order valence-electron chi connectivity index (χ2n) is 5.33. The van der Waals surface area contributed by atoms with Gasteiger partial charge in [-0.1, -0.05) is 0 Å². The SMILES string of the molecule is CC(=O)OC(CNC(C)(C)C)COc1nsnc1C. The molecule has 1 N–H and O–H groups in total. The monoisotopic (exact) mass is 287 g/mol. The summed E-state index contributed by atoms with van der Waals surface area (Å²) in [7, 11) is 0. The van der Waals surface area contributed by atoms with E-state index in [9.17, 15) is 4.79 Å². The predicted octanol–water partition coefficient (Wildman–Crippen LogP) is 1.55. The van der Waals surface area contributed by atoms with Crippen LogP contribution in [0.25, 0.3) is 0 Å².